The van der Waals surface area contributed by atoms with Crippen molar-refractivity contribution in [3.8, 4) is 0 Å². The molecule has 0 radical (unpaired) electrons. The molecule has 1 N–H and O–H groups in total. The first-order valence-electron chi connectivity index (χ1n) is 6.74. The second kappa shape index (κ2) is 9.60. The molecule has 0 heterocycles. The van der Waals surface area contributed by atoms with Crippen LogP contribution in [0.15, 0.2) is 60.7 Å². The molecule has 2 aromatic carbocycles. The average Bonchev–Trinajstić information content (AvgIpc) is 2.45. The van der Waals surface area contributed by atoms with Crippen molar-refractivity contribution < 1.29 is 0 Å². The number of aryl methyl sites for hydroxylation is 1. The van der Waals surface area contributed by atoms with Gasteiger partial charge in [-0.15, -0.1) is 12.4 Å². The molecule has 0 aromatic heterocycles. The summed E-state index contributed by atoms with van der Waals surface area (Å²) >= 11 is 0. The molecule has 0 spiro atoms. The van der Waals surface area contributed by atoms with Gasteiger partial charge in [0.15, 0.2) is 0 Å². The quantitative estimate of drug-likeness (QED) is 0.757. The summed E-state index contributed by atoms with van der Waals surface area (Å²) in [7, 11) is 0. The molecule has 0 aliphatic heterocycles. The lowest BCUT2D eigenvalue weighted by Crippen LogP contribution is -2.18. The molecule has 0 aliphatic carbocycles. The topological polar surface area (TPSA) is 12.0 Å². The molecule has 2 heteroatoms. The standard InChI is InChI=1S/C17H21N.ClH/c1-3-8-16(9-4-1)12-7-14-18-15-13-17-10-5-2-6-11-17;/h1-6,8-11,18H,7,12-15H2;1H. The normalized spacial score (nSPS) is 9.89. The van der Waals surface area contributed by atoms with Crippen molar-refractivity contribution in [2.75, 3.05) is 13.1 Å². The summed E-state index contributed by atoms with van der Waals surface area (Å²) in [6.07, 6.45) is 3.49. The van der Waals surface area contributed by atoms with E-state index in [0.717, 1.165) is 19.5 Å². The van der Waals surface area contributed by atoms with E-state index < -0.39 is 0 Å². The SMILES string of the molecule is Cl.c1ccc(CCCNCCc2ccccc2)cc1. The molecule has 19 heavy (non-hydrogen) atoms. The summed E-state index contributed by atoms with van der Waals surface area (Å²) in [6, 6.07) is 21.3. The molecule has 0 fully saturated rings. The van der Waals surface area contributed by atoms with Crippen molar-refractivity contribution in [3.05, 3.63) is 71.8 Å². The van der Waals surface area contributed by atoms with Gasteiger partial charge >= 0.3 is 0 Å². The van der Waals surface area contributed by atoms with Crippen LogP contribution in [0, 0.1) is 0 Å². The molecule has 0 bridgehead atoms. The zero-order valence-electron chi connectivity index (χ0n) is 11.2. The van der Waals surface area contributed by atoms with Gasteiger partial charge in [-0.1, -0.05) is 60.7 Å². The van der Waals surface area contributed by atoms with Crippen molar-refractivity contribution in [1.29, 1.82) is 0 Å². The van der Waals surface area contributed by atoms with Gasteiger partial charge in [-0.3, -0.25) is 0 Å². The minimum absolute atomic E-state index is 0. The van der Waals surface area contributed by atoms with Crippen molar-refractivity contribution in [2.45, 2.75) is 19.3 Å². The molecule has 0 atom stereocenters. The molecule has 0 saturated heterocycles. The number of hydrogen-bond acceptors (Lipinski definition) is 1. The number of benzene rings is 2. The van der Waals surface area contributed by atoms with E-state index in [4.69, 9.17) is 0 Å². The van der Waals surface area contributed by atoms with Gasteiger partial charge in [-0.25, -0.2) is 0 Å². The maximum atomic E-state index is 3.50. The zero-order valence-corrected chi connectivity index (χ0v) is 12.0. The highest BCUT2D eigenvalue weighted by Gasteiger charge is 1.93. The number of rotatable bonds is 7. The molecule has 1 nitrogen and oxygen atoms in total. The van der Waals surface area contributed by atoms with Gasteiger partial charge in [-0.2, -0.15) is 0 Å². The van der Waals surface area contributed by atoms with Gasteiger partial charge in [0.05, 0.1) is 0 Å². The van der Waals surface area contributed by atoms with Gasteiger partial charge in [0.1, 0.15) is 0 Å². The lowest BCUT2D eigenvalue weighted by Gasteiger charge is -2.05. The van der Waals surface area contributed by atoms with Crippen LogP contribution in [0.5, 0.6) is 0 Å². The summed E-state index contributed by atoms with van der Waals surface area (Å²) in [5.41, 5.74) is 2.84. The predicted molar refractivity (Wildman–Crippen MR) is 85.0 cm³/mol. The van der Waals surface area contributed by atoms with Crippen LogP contribution in [0.25, 0.3) is 0 Å². The Morgan fingerprint density at radius 2 is 1.16 bits per heavy atom. The molecular formula is C17H22ClN. The van der Waals surface area contributed by atoms with Gasteiger partial charge in [-0.05, 0) is 43.5 Å². The molecular weight excluding hydrogens is 254 g/mol. The van der Waals surface area contributed by atoms with E-state index in [9.17, 15) is 0 Å². The van der Waals surface area contributed by atoms with E-state index in [-0.39, 0.29) is 12.4 Å². The smallest absolute Gasteiger partial charge is 0.000835 e. The van der Waals surface area contributed by atoms with Crippen LogP contribution in [-0.4, -0.2) is 13.1 Å². The van der Waals surface area contributed by atoms with Crippen LogP contribution in [0.3, 0.4) is 0 Å². The summed E-state index contributed by atoms with van der Waals surface area (Å²) in [5.74, 6) is 0. The van der Waals surface area contributed by atoms with E-state index in [1.807, 2.05) is 0 Å². The van der Waals surface area contributed by atoms with Crippen LogP contribution >= 0.6 is 12.4 Å². The number of halogens is 1. The maximum Gasteiger partial charge on any atom is -0.000835 e. The van der Waals surface area contributed by atoms with Gasteiger partial charge in [0, 0.05) is 0 Å². The highest BCUT2D eigenvalue weighted by atomic mass is 35.5. The lowest BCUT2D eigenvalue weighted by molar-refractivity contribution is 0.647. The Bertz CT molecular complexity index is 384. The summed E-state index contributed by atoms with van der Waals surface area (Å²) < 4.78 is 0. The van der Waals surface area contributed by atoms with Crippen LogP contribution < -0.4 is 5.32 Å². The Morgan fingerprint density at radius 1 is 0.632 bits per heavy atom. The zero-order chi connectivity index (χ0) is 12.5. The maximum absolute atomic E-state index is 3.50. The van der Waals surface area contributed by atoms with Crippen LogP contribution in [-0.2, 0) is 12.8 Å². The molecule has 2 aromatic rings. The fourth-order valence-electron chi connectivity index (χ4n) is 2.06. The highest BCUT2D eigenvalue weighted by Crippen LogP contribution is 2.01. The fourth-order valence-corrected chi connectivity index (χ4v) is 2.06. The Morgan fingerprint density at radius 3 is 1.74 bits per heavy atom. The van der Waals surface area contributed by atoms with Crippen molar-refractivity contribution in [1.82, 2.24) is 5.32 Å². The van der Waals surface area contributed by atoms with E-state index >= 15 is 0 Å². The third kappa shape index (κ3) is 6.42. The van der Waals surface area contributed by atoms with Gasteiger partial charge in [0.25, 0.3) is 0 Å². The van der Waals surface area contributed by atoms with Crippen molar-refractivity contribution in [2.24, 2.45) is 0 Å². The first-order valence-corrected chi connectivity index (χ1v) is 6.74. The predicted octanol–water partition coefficient (Wildman–Crippen LogP) is 3.87. The largest absolute Gasteiger partial charge is 0.316 e. The average molecular weight is 276 g/mol. The van der Waals surface area contributed by atoms with Crippen molar-refractivity contribution >= 4 is 12.4 Å². The Kier molecular flexibility index (Phi) is 7.95. The molecule has 0 unspecified atom stereocenters. The lowest BCUT2D eigenvalue weighted by atomic mass is 10.1. The highest BCUT2D eigenvalue weighted by molar-refractivity contribution is 5.85. The number of hydrogen-bond donors (Lipinski definition) is 1. The first-order chi connectivity index (χ1) is 8.95. The molecule has 0 amide bonds. The fraction of sp³-hybridized carbons (Fsp3) is 0.294. The Balaban J connectivity index is 0.00000180. The van der Waals surface area contributed by atoms with Crippen LogP contribution in [0.2, 0.25) is 0 Å². The van der Waals surface area contributed by atoms with Gasteiger partial charge < -0.3 is 5.32 Å². The van der Waals surface area contributed by atoms with Crippen LogP contribution in [0.4, 0.5) is 0 Å². The molecule has 0 saturated carbocycles. The van der Waals surface area contributed by atoms with Crippen LogP contribution in [0.1, 0.15) is 17.5 Å². The second-order valence-corrected chi connectivity index (χ2v) is 4.57. The number of nitrogens with one attached hydrogen (secondary N) is 1. The van der Waals surface area contributed by atoms with E-state index in [1.165, 1.54) is 24.0 Å². The second-order valence-electron chi connectivity index (χ2n) is 4.57. The first kappa shape index (κ1) is 15.7. The van der Waals surface area contributed by atoms with E-state index in [1.54, 1.807) is 0 Å². The van der Waals surface area contributed by atoms with E-state index in [2.05, 4.69) is 66.0 Å². The summed E-state index contributed by atoms with van der Waals surface area (Å²) in [4.78, 5) is 0. The minimum atomic E-state index is 0. The summed E-state index contributed by atoms with van der Waals surface area (Å²) in [6.45, 7) is 2.17. The summed E-state index contributed by atoms with van der Waals surface area (Å²) in [5, 5.41) is 3.50. The third-order valence-electron chi connectivity index (χ3n) is 3.10. The molecule has 102 valence electrons. The van der Waals surface area contributed by atoms with Gasteiger partial charge in [0.2, 0.25) is 0 Å². The Hall–Kier alpha value is -1.31. The minimum Gasteiger partial charge on any atom is -0.316 e. The van der Waals surface area contributed by atoms with Crippen molar-refractivity contribution in [3.63, 3.8) is 0 Å². The Labute approximate surface area is 122 Å². The van der Waals surface area contributed by atoms with E-state index in [0.29, 0.717) is 0 Å². The molecule has 0 aliphatic rings. The monoisotopic (exact) mass is 275 g/mol. The third-order valence-corrected chi connectivity index (χ3v) is 3.10. The molecule has 2 rings (SSSR count).